The summed E-state index contributed by atoms with van der Waals surface area (Å²) in [6.45, 7) is 4.06. The van der Waals surface area contributed by atoms with Gasteiger partial charge >= 0.3 is 12.4 Å². The molecule has 2 aliphatic heterocycles. The molecule has 0 saturated heterocycles. The molecule has 0 aliphatic carbocycles. The van der Waals surface area contributed by atoms with Crippen molar-refractivity contribution in [3.8, 4) is 11.5 Å². The van der Waals surface area contributed by atoms with E-state index < -0.39 is 6.36 Å². The van der Waals surface area contributed by atoms with Crippen LogP contribution in [0.2, 0.25) is 0 Å². The molecule has 1 N–H and O–H groups in total. The first-order chi connectivity index (χ1) is 12.9. The van der Waals surface area contributed by atoms with Crippen molar-refractivity contribution in [2.45, 2.75) is 19.7 Å². The summed E-state index contributed by atoms with van der Waals surface area (Å²) >= 11 is 0. The van der Waals surface area contributed by atoms with Crippen molar-refractivity contribution in [1.29, 1.82) is 0 Å². The highest BCUT2D eigenvalue weighted by Gasteiger charge is 2.31. The molecule has 0 bridgehead atoms. The Morgan fingerprint density at radius 1 is 1.22 bits per heavy atom. The van der Waals surface area contributed by atoms with E-state index in [0.29, 0.717) is 37.7 Å². The number of rotatable bonds is 6. The van der Waals surface area contributed by atoms with E-state index in [1.54, 1.807) is 0 Å². The molecule has 0 radical (unpaired) electrons. The lowest BCUT2D eigenvalue weighted by Gasteiger charge is -2.34. The van der Waals surface area contributed by atoms with Gasteiger partial charge in [0, 0.05) is 32.0 Å². The number of aliphatic hydroxyl groups excluding tert-OH is 1. The number of nitrogens with zero attached hydrogens (tertiary/aromatic N) is 4. The zero-order valence-electron chi connectivity index (χ0n) is 14.6. The number of aliphatic hydroxyl groups is 1. The van der Waals surface area contributed by atoms with Gasteiger partial charge in [0.1, 0.15) is 17.2 Å². The molecule has 0 fully saturated rings. The molecule has 7 nitrogen and oxygen atoms in total. The van der Waals surface area contributed by atoms with E-state index in [9.17, 15) is 13.2 Å². The van der Waals surface area contributed by atoms with Crippen molar-refractivity contribution in [1.82, 2.24) is 9.80 Å². The van der Waals surface area contributed by atoms with E-state index in [1.165, 1.54) is 18.2 Å². The lowest BCUT2D eigenvalue weighted by atomic mass is 10.3. The quantitative estimate of drug-likeness (QED) is 0.816. The molecule has 3 rings (SSSR count). The van der Waals surface area contributed by atoms with E-state index in [2.05, 4.69) is 14.7 Å². The van der Waals surface area contributed by atoms with Gasteiger partial charge < -0.3 is 24.4 Å². The summed E-state index contributed by atoms with van der Waals surface area (Å²) in [6, 6.07) is 5.23. The fraction of sp³-hybridized carbons (Fsp3) is 0.412. The van der Waals surface area contributed by atoms with Crippen LogP contribution in [0.1, 0.15) is 13.3 Å². The van der Waals surface area contributed by atoms with Crippen LogP contribution in [0.5, 0.6) is 11.5 Å². The van der Waals surface area contributed by atoms with Crippen LogP contribution in [0.4, 0.5) is 13.2 Å². The van der Waals surface area contributed by atoms with Crippen molar-refractivity contribution in [3.63, 3.8) is 0 Å². The minimum atomic E-state index is -4.77. The third kappa shape index (κ3) is 4.91. The Balaban J connectivity index is 1.75. The van der Waals surface area contributed by atoms with Crippen molar-refractivity contribution in [2.75, 3.05) is 26.4 Å². The largest absolute Gasteiger partial charge is 0.573 e. The number of alkyl halides is 3. The summed E-state index contributed by atoms with van der Waals surface area (Å²) in [5.41, 5.74) is 0.610. The van der Waals surface area contributed by atoms with Crippen LogP contribution in [0.15, 0.2) is 46.1 Å². The normalized spacial score (nSPS) is 16.6. The lowest BCUT2D eigenvalue weighted by molar-refractivity contribution is -0.274. The molecular weight excluding hydrogens is 365 g/mol. The highest BCUT2D eigenvalue weighted by molar-refractivity contribution is 6.10. The molecule has 10 heteroatoms. The first-order valence-corrected chi connectivity index (χ1v) is 8.41. The van der Waals surface area contributed by atoms with Crippen molar-refractivity contribution >= 4 is 11.9 Å². The van der Waals surface area contributed by atoms with Crippen molar-refractivity contribution in [2.24, 2.45) is 9.98 Å². The maximum atomic E-state index is 12.3. The third-order valence-electron chi connectivity index (χ3n) is 3.84. The summed E-state index contributed by atoms with van der Waals surface area (Å²) in [6.07, 6.45) is -2.31. The molecule has 2 aliphatic rings. The summed E-state index contributed by atoms with van der Waals surface area (Å²) < 4.78 is 46.4. The van der Waals surface area contributed by atoms with E-state index in [-0.39, 0.29) is 24.1 Å². The second kappa shape index (κ2) is 7.87. The number of hydrogen-bond donors (Lipinski definition) is 1. The first-order valence-electron chi connectivity index (χ1n) is 8.41. The number of benzene rings is 1. The van der Waals surface area contributed by atoms with Crippen LogP contribution in [-0.4, -0.2) is 59.5 Å². The number of amidine groups is 2. The van der Waals surface area contributed by atoms with Crippen molar-refractivity contribution < 1.29 is 27.8 Å². The van der Waals surface area contributed by atoms with E-state index in [0.717, 1.165) is 6.07 Å². The van der Waals surface area contributed by atoms with Crippen LogP contribution in [0.25, 0.3) is 0 Å². The summed E-state index contributed by atoms with van der Waals surface area (Å²) in [5, 5.41) is 8.99. The molecule has 0 atom stereocenters. The Bertz CT molecular complexity index is 777. The summed E-state index contributed by atoms with van der Waals surface area (Å²) in [7, 11) is 0. The average Bonchev–Trinajstić information content (AvgIpc) is 3.00. The number of fused-ring (bicyclic) bond motifs is 1. The molecule has 0 amide bonds. The summed E-state index contributed by atoms with van der Waals surface area (Å²) in [5.74, 6) is 0.406. The zero-order chi connectivity index (χ0) is 19.4. The number of aliphatic imine (C=N–C) groups is 2. The Kier molecular flexibility index (Phi) is 5.54. The van der Waals surface area contributed by atoms with Gasteiger partial charge in [-0.2, -0.15) is 9.98 Å². The van der Waals surface area contributed by atoms with Crippen LogP contribution in [0.3, 0.4) is 0 Å². The van der Waals surface area contributed by atoms with Gasteiger partial charge in [-0.05, 0) is 25.5 Å². The zero-order valence-corrected chi connectivity index (χ0v) is 14.6. The van der Waals surface area contributed by atoms with E-state index in [1.807, 2.05) is 22.9 Å². The molecule has 1 aromatic carbocycles. The molecule has 146 valence electrons. The molecule has 0 unspecified atom stereocenters. The minimum absolute atomic E-state index is 0.0443. The minimum Gasteiger partial charge on any atom is -0.424 e. The Morgan fingerprint density at radius 3 is 2.70 bits per heavy atom. The first kappa shape index (κ1) is 19.0. The molecule has 0 saturated carbocycles. The molecule has 1 aromatic rings. The van der Waals surface area contributed by atoms with Crippen molar-refractivity contribution in [3.05, 3.63) is 36.2 Å². The van der Waals surface area contributed by atoms with Crippen LogP contribution in [-0.2, 0) is 0 Å². The van der Waals surface area contributed by atoms with E-state index >= 15 is 0 Å². The fourth-order valence-corrected chi connectivity index (χ4v) is 2.69. The predicted octanol–water partition coefficient (Wildman–Crippen LogP) is 2.55. The van der Waals surface area contributed by atoms with Gasteiger partial charge in [-0.1, -0.05) is 6.07 Å². The number of likely N-dealkylation sites (N-methyl/N-ethyl adjacent to an activating group) is 1. The van der Waals surface area contributed by atoms with Gasteiger partial charge in [0.25, 0.3) is 0 Å². The van der Waals surface area contributed by atoms with Crippen LogP contribution in [0, 0.1) is 0 Å². The standard InChI is InChI=1S/C17H19F3N4O3/c1-2-24-11-23(7-4-8-25)10-14-15(24)22-16(21-14)26-12-5-3-6-13(9-12)27-17(18,19)20/h3,5-6,9-10,25H,2,4,7-8,11H2,1H3. The molecule has 0 spiro atoms. The monoisotopic (exact) mass is 384 g/mol. The molecule has 0 aromatic heterocycles. The fourth-order valence-electron chi connectivity index (χ4n) is 2.69. The second-order valence-electron chi connectivity index (χ2n) is 5.86. The smallest absolute Gasteiger partial charge is 0.424 e. The highest BCUT2D eigenvalue weighted by Crippen LogP contribution is 2.27. The molecular formula is C17H19F3N4O3. The van der Waals surface area contributed by atoms with Crippen LogP contribution >= 0.6 is 0 Å². The number of halogens is 3. The summed E-state index contributed by atoms with van der Waals surface area (Å²) in [4.78, 5) is 12.7. The topological polar surface area (TPSA) is 69.9 Å². The molecule has 27 heavy (non-hydrogen) atoms. The second-order valence-corrected chi connectivity index (χ2v) is 5.86. The maximum Gasteiger partial charge on any atom is 0.573 e. The third-order valence-corrected chi connectivity index (χ3v) is 3.84. The number of ether oxygens (including phenoxy) is 2. The average molecular weight is 384 g/mol. The van der Waals surface area contributed by atoms with Gasteiger partial charge in [0.05, 0.1) is 6.67 Å². The Labute approximate surface area is 154 Å². The SMILES string of the molecule is CCN1CN(CCCO)C=C2N=C(Oc3cccc(OC(F)(F)F)c3)N=C21. The Morgan fingerprint density at radius 2 is 2.00 bits per heavy atom. The van der Waals surface area contributed by atoms with E-state index in [4.69, 9.17) is 9.84 Å². The Hall–Kier alpha value is -2.75. The molecule has 2 heterocycles. The number of hydrogen-bond acceptors (Lipinski definition) is 7. The van der Waals surface area contributed by atoms with Crippen LogP contribution < -0.4 is 9.47 Å². The maximum absolute atomic E-state index is 12.3. The van der Waals surface area contributed by atoms with Gasteiger partial charge in [-0.3, -0.25) is 0 Å². The van der Waals surface area contributed by atoms with Gasteiger partial charge in [0.2, 0.25) is 0 Å². The van der Waals surface area contributed by atoms with Gasteiger partial charge in [-0.15, -0.1) is 13.2 Å². The highest BCUT2D eigenvalue weighted by atomic mass is 19.4. The van der Waals surface area contributed by atoms with Gasteiger partial charge in [-0.25, -0.2) is 0 Å². The van der Waals surface area contributed by atoms with Gasteiger partial charge in [0.15, 0.2) is 5.84 Å². The predicted molar refractivity (Wildman–Crippen MR) is 92.4 cm³/mol. The lowest BCUT2D eigenvalue weighted by Crippen LogP contribution is -2.44.